The second kappa shape index (κ2) is 4.94. The van der Waals surface area contributed by atoms with E-state index in [1.165, 1.54) is 31.2 Å². The molecule has 0 aromatic carbocycles. The molecule has 0 aliphatic heterocycles. The fraction of sp³-hybridized carbons (Fsp3) is 0.667. The first-order valence-corrected chi connectivity index (χ1v) is 6.57. The van der Waals surface area contributed by atoms with E-state index in [9.17, 15) is 0 Å². The van der Waals surface area contributed by atoms with Crippen molar-refractivity contribution in [2.75, 3.05) is 0 Å². The molecule has 2 atom stereocenters. The van der Waals surface area contributed by atoms with Gasteiger partial charge in [0.15, 0.2) is 0 Å². The zero-order chi connectivity index (χ0) is 9.80. The summed E-state index contributed by atoms with van der Waals surface area (Å²) in [4.78, 5) is 0. The molecule has 1 nitrogen and oxygen atoms in total. The summed E-state index contributed by atoms with van der Waals surface area (Å²) in [5.74, 6) is 0.981. The summed E-state index contributed by atoms with van der Waals surface area (Å²) in [7, 11) is 0. The molecule has 0 radical (unpaired) electrons. The second-order valence-corrected chi connectivity index (χ2v) is 5.08. The van der Waals surface area contributed by atoms with Gasteiger partial charge in [-0.2, -0.15) is 11.3 Å². The fourth-order valence-corrected chi connectivity index (χ4v) is 2.96. The molecule has 2 unspecified atom stereocenters. The lowest BCUT2D eigenvalue weighted by atomic mass is 10.1. The van der Waals surface area contributed by atoms with Crippen molar-refractivity contribution in [1.29, 1.82) is 0 Å². The molecule has 0 bridgehead atoms. The number of thiophene rings is 1. The Morgan fingerprint density at radius 2 is 2.43 bits per heavy atom. The third-order valence-corrected chi connectivity index (χ3v) is 4.03. The van der Waals surface area contributed by atoms with Crippen molar-refractivity contribution in [2.45, 2.75) is 45.2 Å². The van der Waals surface area contributed by atoms with E-state index in [0.717, 1.165) is 18.5 Å². The van der Waals surface area contributed by atoms with Crippen LogP contribution in [0, 0.1) is 5.92 Å². The van der Waals surface area contributed by atoms with Crippen LogP contribution < -0.4 is 5.32 Å². The van der Waals surface area contributed by atoms with Crippen molar-refractivity contribution in [1.82, 2.24) is 5.32 Å². The molecular weight excluding hydrogens is 190 g/mol. The van der Waals surface area contributed by atoms with Crippen LogP contribution in [0.4, 0.5) is 0 Å². The van der Waals surface area contributed by atoms with Crippen LogP contribution in [-0.2, 0) is 6.54 Å². The van der Waals surface area contributed by atoms with E-state index in [1.807, 2.05) is 0 Å². The van der Waals surface area contributed by atoms with Gasteiger partial charge in [-0.05, 0) is 47.6 Å². The average Bonchev–Trinajstić information content (AvgIpc) is 2.86. The third kappa shape index (κ3) is 2.58. The van der Waals surface area contributed by atoms with Gasteiger partial charge in [-0.25, -0.2) is 0 Å². The van der Waals surface area contributed by atoms with Crippen molar-refractivity contribution in [2.24, 2.45) is 5.92 Å². The van der Waals surface area contributed by atoms with Gasteiger partial charge in [0.2, 0.25) is 0 Å². The van der Waals surface area contributed by atoms with E-state index in [1.54, 1.807) is 11.3 Å². The summed E-state index contributed by atoms with van der Waals surface area (Å²) in [6, 6.07) is 2.99. The highest BCUT2D eigenvalue weighted by atomic mass is 32.1. The number of hydrogen-bond acceptors (Lipinski definition) is 2. The number of rotatable bonds is 4. The molecule has 1 heterocycles. The minimum Gasteiger partial charge on any atom is -0.310 e. The summed E-state index contributed by atoms with van der Waals surface area (Å²) >= 11 is 1.79. The van der Waals surface area contributed by atoms with Crippen LogP contribution in [0.25, 0.3) is 0 Å². The van der Waals surface area contributed by atoms with Crippen molar-refractivity contribution in [3.8, 4) is 0 Å². The van der Waals surface area contributed by atoms with E-state index in [4.69, 9.17) is 0 Å². The Hall–Kier alpha value is -0.340. The zero-order valence-electron chi connectivity index (χ0n) is 8.83. The van der Waals surface area contributed by atoms with Crippen molar-refractivity contribution in [3.63, 3.8) is 0 Å². The SMILES string of the molecule is CCC1CCC(NCc2ccsc2)C1. The first-order valence-electron chi connectivity index (χ1n) is 5.63. The zero-order valence-corrected chi connectivity index (χ0v) is 9.65. The molecule has 1 fully saturated rings. The quantitative estimate of drug-likeness (QED) is 0.801. The van der Waals surface area contributed by atoms with Crippen LogP contribution in [-0.4, -0.2) is 6.04 Å². The van der Waals surface area contributed by atoms with Crippen molar-refractivity contribution < 1.29 is 0 Å². The normalized spacial score (nSPS) is 26.9. The maximum atomic E-state index is 3.65. The number of nitrogens with one attached hydrogen (secondary N) is 1. The second-order valence-electron chi connectivity index (χ2n) is 4.30. The molecule has 0 amide bonds. The Morgan fingerprint density at radius 1 is 1.50 bits per heavy atom. The van der Waals surface area contributed by atoms with Gasteiger partial charge in [0, 0.05) is 12.6 Å². The molecule has 2 rings (SSSR count). The van der Waals surface area contributed by atoms with Crippen LogP contribution in [0.1, 0.15) is 38.2 Å². The third-order valence-electron chi connectivity index (χ3n) is 3.29. The van der Waals surface area contributed by atoms with Crippen molar-refractivity contribution >= 4 is 11.3 Å². The van der Waals surface area contributed by atoms with Crippen LogP contribution in [0.5, 0.6) is 0 Å². The van der Waals surface area contributed by atoms with Gasteiger partial charge in [0.25, 0.3) is 0 Å². The predicted molar refractivity (Wildman–Crippen MR) is 62.6 cm³/mol. The van der Waals surface area contributed by atoms with Gasteiger partial charge in [-0.1, -0.05) is 13.3 Å². The lowest BCUT2D eigenvalue weighted by Gasteiger charge is -2.11. The lowest BCUT2D eigenvalue weighted by Crippen LogP contribution is -2.25. The van der Waals surface area contributed by atoms with Gasteiger partial charge in [-0.15, -0.1) is 0 Å². The van der Waals surface area contributed by atoms with E-state index < -0.39 is 0 Å². The highest BCUT2D eigenvalue weighted by Crippen LogP contribution is 2.28. The van der Waals surface area contributed by atoms with Crippen LogP contribution in [0.2, 0.25) is 0 Å². The van der Waals surface area contributed by atoms with Crippen LogP contribution in [0.3, 0.4) is 0 Å². The predicted octanol–water partition coefficient (Wildman–Crippen LogP) is 3.42. The minimum absolute atomic E-state index is 0.778. The fourth-order valence-electron chi connectivity index (χ4n) is 2.29. The summed E-state index contributed by atoms with van der Waals surface area (Å²) in [5, 5.41) is 8.04. The molecule has 0 spiro atoms. The topological polar surface area (TPSA) is 12.0 Å². The Kier molecular flexibility index (Phi) is 3.60. The van der Waals surface area contributed by atoms with E-state index in [0.29, 0.717) is 0 Å². The smallest absolute Gasteiger partial charge is 0.0216 e. The van der Waals surface area contributed by atoms with Gasteiger partial charge in [-0.3, -0.25) is 0 Å². The van der Waals surface area contributed by atoms with Gasteiger partial charge in [0.1, 0.15) is 0 Å². The monoisotopic (exact) mass is 209 g/mol. The molecule has 0 saturated heterocycles. The summed E-state index contributed by atoms with van der Waals surface area (Å²) < 4.78 is 0. The summed E-state index contributed by atoms with van der Waals surface area (Å²) in [6.45, 7) is 3.37. The van der Waals surface area contributed by atoms with Gasteiger partial charge in [0.05, 0.1) is 0 Å². The Morgan fingerprint density at radius 3 is 3.07 bits per heavy atom. The molecule has 1 aliphatic carbocycles. The highest BCUT2D eigenvalue weighted by Gasteiger charge is 2.22. The lowest BCUT2D eigenvalue weighted by molar-refractivity contribution is 0.477. The molecule has 1 aliphatic rings. The Bertz CT molecular complexity index is 255. The van der Waals surface area contributed by atoms with Gasteiger partial charge < -0.3 is 5.32 Å². The molecule has 1 aromatic heterocycles. The highest BCUT2D eigenvalue weighted by molar-refractivity contribution is 7.07. The molecule has 1 aromatic rings. The molecule has 14 heavy (non-hydrogen) atoms. The maximum absolute atomic E-state index is 3.65. The van der Waals surface area contributed by atoms with E-state index >= 15 is 0 Å². The molecule has 1 N–H and O–H groups in total. The van der Waals surface area contributed by atoms with Crippen LogP contribution in [0.15, 0.2) is 16.8 Å². The Labute approximate surface area is 90.5 Å². The summed E-state index contributed by atoms with van der Waals surface area (Å²) in [6.07, 6.45) is 5.55. The Balaban J connectivity index is 1.72. The van der Waals surface area contributed by atoms with E-state index in [2.05, 4.69) is 29.1 Å². The maximum Gasteiger partial charge on any atom is 0.0216 e. The van der Waals surface area contributed by atoms with Crippen molar-refractivity contribution in [3.05, 3.63) is 22.4 Å². The van der Waals surface area contributed by atoms with E-state index in [-0.39, 0.29) is 0 Å². The largest absolute Gasteiger partial charge is 0.310 e. The first kappa shape index (κ1) is 10.2. The minimum atomic E-state index is 0.778. The molecule has 78 valence electrons. The van der Waals surface area contributed by atoms with Gasteiger partial charge >= 0.3 is 0 Å². The number of hydrogen-bond donors (Lipinski definition) is 1. The van der Waals surface area contributed by atoms with Crippen LogP contribution >= 0.6 is 11.3 Å². The molecule has 1 saturated carbocycles. The molecule has 2 heteroatoms. The molecular formula is C12H19NS. The average molecular weight is 209 g/mol. The standard InChI is InChI=1S/C12H19NS/c1-2-10-3-4-12(7-10)13-8-11-5-6-14-9-11/h5-6,9-10,12-13H,2-4,7-8H2,1H3. The summed E-state index contributed by atoms with van der Waals surface area (Å²) in [5.41, 5.74) is 1.44. The first-order chi connectivity index (χ1) is 6.88.